The third kappa shape index (κ3) is 1.71. The first-order valence-electron chi connectivity index (χ1n) is 4.45. The Kier molecular flexibility index (Phi) is 2.21. The van der Waals surface area contributed by atoms with E-state index in [1.165, 1.54) is 0 Å². The first-order valence-corrected chi connectivity index (χ1v) is 4.45. The van der Waals surface area contributed by atoms with Gasteiger partial charge in [0.2, 0.25) is 0 Å². The van der Waals surface area contributed by atoms with Crippen molar-refractivity contribution in [1.29, 1.82) is 5.41 Å². The van der Waals surface area contributed by atoms with E-state index in [4.69, 9.17) is 11.1 Å². The van der Waals surface area contributed by atoms with E-state index in [1.54, 1.807) is 23.1 Å². The molecule has 2 aromatic rings. The topological polar surface area (TPSA) is 80.6 Å². The number of pyridine rings is 1. The highest BCUT2D eigenvalue weighted by Crippen LogP contribution is 2.20. The molecule has 2 aromatic heterocycles. The predicted molar refractivity (Wildman–Crippen MR) is 58.7 cm³/mol. The molecule has 15 heavy (non-hydrogen) atoms. The van der Waals surface area contributed by atoms with E-state index in [0.717, 1.165) is 17.3 Å². The smallest absolute Gasteiger partial charge is 0.103 e. The zero-order valence-electron chi connectivity index (χ0n) is 8.31. The molecule has 0 aromatic carbocycles. The summed E-state index contributed by atoms with van der Waals surface area (Å²) in [5.74, 6) is 0. The Morgan fingerprint density at radius 1 is 1.40 bits per heavy atom. The van der Waals surface area contributed by atoms with E-state index in [-0.39, 0.29) is 0 Å². The maximum absolute atomic E-state index is 7.08. The van der Waals surface area contributed by atoms with Crippen LogP contribution in [0.15, 0.2) is 24.7 Å². The first kappa shape index (κ1) is 9.39. The molecule has 5 nitrogen and oxygen atoms in total. The molecular weight excluding hydrogens is 190 g/mol. The second-order valence-corrected chi connectivity index (χ2v) is 3.25. The normalized spacial score (nSPS) is 10.2. The average molecular weight is 201 g/mol. The van der Waals surface area contributed by atoms with Gasteiger partial charge in [0.25, 0.3) is 0 Å². The van der Waals surface area contributed by atoms with Crippen LogP contribution >= 0.6 is 0 Å². The largest absolute Gasteiger partial charge is 0.397 e. The number of rotatable bonds is 2. The Hall–Kier alpha value is -2.17. The van der Waals surface area contributed by atoms with Crippen LogP contribution in [0.3, 0.4) is 0 Å². The SMILES string of the molecule is Cn1cc(-c2cnc(C=N)c(N)c2)cn1. The van der Waals surface area contributed by atoms with Gasteiger partial charge in [-0.05, 0) is 6.07 Å². The van der Waals surface area contributed by atoms with Gasteiger partial charge >= 0.3 is 0 Å². The van der Waals surface area contributed by atoms with Crippen molar-refractivity contribution in [3.05, 3.63) is 30.4 Å². The van der Waals surface area contributed by atoms with Crippen molar-refractivity contribution in [1.82, 2.24) is 14.8 Å². The number of hydrogen-bond acceptors (Lipinski definition) is 4. The summed E-state index contributed by atoms with van der Waals surface area (Å²) in [6.45, 7) is 0. The molecule has 0 radical (unpaired) electrons. The number of aromatic nitrogens is 3. The molecule has 2 heterocycles. The van der Waals surface area contributed by atoms with Crippen LogP contribution < -0.4 is 5.73 Å². The molecule has 0 amide bonds. The fourth-order valence-electron chi connectivity index (χ4n) is 1.34. The Labute approximate surface area is 87.1 Å². The molecule has 76 valence electrons. The van der Waals surface area contributed by atoms with Crippen LogP contribution in [0.4, 0.5) is 5.69 Å². The lowest BCUT2D eigenvalue weighted by Crippen LogP contribution is -1.96. The molecule has 0 saturated carbocycles. The lowest BCUT2D eigenvalue weighted by Gasteiger charge is -2.01. The van der Waals surface area contributed by atoms with Crippen LogP contribution in [-0.2, 0) is 7.05 Å². The summed E-state index contributed by atoms with van der Waals surface area (Å²) in [5.41, 5.74) is 8.60. The van der Waals surface area contributed by atoms with E-state index in [2.05, 4.69) is 10.1 Å². The summed E-state index contributed by atoms with van der Waals surface area (Å²) in [6.07, 6.45) is 6.47. The molecule has 3 N–H and O–H groups in total. The molecule has 0 aliphatic heterocycles. The summed E-state index contributed by atoms with van der Waals surface area (Å²) in [7, 11) is 1.85. The molecule has 0 aliphatic carbocycles. The number of anilines is 1. The highest BCUT2D eigenvalue weighted by Gasteiger charge is 2.03. The Balaban J connectivity index is 2.46. The monoisotopic (exact) mass is 201 g/mol. The number of aryl methyl sites for hydroxylation is 1. The van der Waals surface area contributed by atoms with E-state index < -0.39 is 0 Å². The molecule has 0 bridgehead atoms. The standard InChI is InChI=1S/C10H11N5/c1-15-6-8(5-14-15)7-2-9(12)10(3-11)13-4-7/h2-6,11H,12H2,1H3. The summed E-state index contributed by atoms with van der Waals surface area (Å²) in [4.78, 5) is 4.08. The van der Waals surface area contributed by atoms with Gasteiger partial charge in [0.1, 0.15) is 5.69 Å². The molecule has 2 rings (SSSR count). The van der Waals surface area contributed by atoms with E-state index in [0.29, 0.717) is 11.4 Å². The maximum atomic E-state index is 7.08. The fourth-order valence-corrected chi connectivity index (χ4v) is 1.34. The van der Waals surface area contributed by atoms with Crippen molar-refractivity contribution >= 4 is 11.9 Å². The summed E-state index contributed by atoms with van der Waals surface area (Å²) in [6, 6.07) is 1.80. The van der Waals surface area contributed by atoms with E-state index in [1.807, 2.05) is 13.2 Å². The van der Waals surface area contributed by atoms with Gasteiger partial charge in [0.15, 0.2) is 0 Å². The lowest BCUT2D eigenvalue weighted by atomic mass is 10.1. The second-order valence-electron chi connectivity index (χ2n) is 3.25. The van der Waals surface area contributed by atoms with Gasteiger partial charge in [-0.25, -0.2) is 0 Å². The predicted octanol–water partition coefficient (Wildman–Crippen LogP) is 1.06. The van der Waals surface area contributed by atoms with Gasteiger partial charge < -0.3 is 11.1 Å². The van der Waals surface area contributed by atoms with Gasteiger partial charge in [-0.15, -0.1) is 0 Å². The minimum Gasteiger partial charge on any atom is -0.397 e. The second kappa shape index (κ2) is 3.53. The van der Waals surface area contributed by atoms with Crippen LogP contribution in [0.2, 0.25) is 0 Å². The van der Waals surface area contributed by atoms with Crippen LogP contribution in [0.25, 0.3) is 11.1 Å². The van der Waals surface area contributed by atoms with Crippen molar-refractivity contribution in [2.45, 2.75) is 0 Å². The third-order valence-electron chi connectivity index (χ3n) is 2.12. The average Bonchev–Trinajstić information content (AvgIpc) is 2.65. The van der Waals surface area contributed by atoms with Crippen molar-refractivity contribution in [2.75, 3.05) is 5.73 Å². The first-order chi connectivity index (χ1) is 7.20. The van der Waals surface area contributed by atoms with E-state index in [9.17, 15) is 0 Å². The number of nitrogens with two attached hydrogens (primary N) is 1. The molecule has 0 atom stereocenters. The van der Waals surface area contributed by atoms with Crippen molar-refractivity contribution in [2.24, 2.45) is 7.05 Å². The Bertz CT molecular complexity index is 500. The highest BCUT2D eigenvalue weighted by molar-refractivity contribution is 5.83. The summed E-state index contributed by atoms with van der Waals surface area (Å²) in [5, 5.41) is 11.1. The minimum atomic E-state index is 0.489. The summed E-state index contributed by atoms with van der Waals surface area (Å²) < 4.78 is 1.72. The number of nitrogen functional groups attached to an aromatic ring is 1. The van der Waals surface area contributed by atoms with Gasteiger partial charge in [0.05, 0.1) is 11.9 Å². The van der Waals surface area contributed by atoms with Gasteiger partial charge in [-0.3, -0.25) is 9.67 Å². The van der Waals surface area contributed by atoms with Crippen LogP contribution in [0.5, 0.6) is 0 Å². The molecular formula is C10H11N5. The third-order valence-corrected chi connectivity index (χ3v) is 2.12. The highest BCUT2D eigenvalue weighted by atomic mass is 15.2. The fraction of sp³-hybridized carbons (Fsp3) is 0.100. The van der Waals surface area contributed by atoms with Crippen molar-refractivity contribution in [3.8, 4) is 11.1 Å². The van der Waals surface area contributed by atoms with Gasteiger partial charge in [-0.2, -0.15) is 5.10 Å². The number of hydrogen-bond donors (Lipinski definition) is 2. The molecule has 0 saturated heterocycles. The van der Waals surface area contributed by atoms with Crippen LogP contribution in [-0.4, -0.2) is 21.0 Å². The number of nitrogens with zero attached hydrogens (tertiary/aromatic N) is 3. The molecule has 0 unspecified atom stereocenters. The Morgan fingerprint density at radius 3 is 2.73 bits per heavy atom. The van der Waals surface area contributed by atoms with E-state index >= 15 is 0 Å². The van der Waals surface area contributed by atoms with Gasteiger partial charge in [-0.1, -0.05) is 0 Å². The number of nitrogens with one attached hydrogen (secondary N) is 1. The molecule has 0 fully saturated rings. The zero-order chi connectivity index (χ0) is 10.8. The lowest BCUT2D eigenvalue weighted by molar-refractivity contribution is 0.768. The van der Waals surface area contributed by atoms with Crippen molar-refractivity contribution in [3.63, 3.8) is 0 Å². The van der Waals surface area contributed by atoms with Crippen LogP contribution in [0, 0.1) is 5.41 Å². The summed E-state index contributed by atoms with van der Waals surface area (Å²) >= 11 is 0. The minimum absolute atomic E-state index is 0.489. The molecule has 5 heteroatoms. The maximum Gasteiger partial charge on any atom is 0.103 e. The Morgan fingerprint density at radius 2 is 2.20 bits per heavy atom. The quantitative estimate of drug-likeness (QED) is 0.713. The van der Waals surface area contributed by atoms with Gasteiger partial charge in [0, 0.05) is 36.8 Å². The molecule has 0 aliphatic rings. The van der Waals surface area contributed by atoms with Crippen molar-refractivity contribution < 1.29 is 0 Å². The zero-order valence-corrected chi connectivity index (χ0v) is 8.31. The molecule has 0 spiro atoms. The van der Waals surface area contributed by atoms with Crippen LogP contribution in [0.1, 0.15) is 5.69 Å².